The molecular weight excluding hydrogens is 400 g/mol. The minimum atomic E-state index is -0.321. The van der Waals surface area contributed by atoms with Crippen LogP contribution in [0.5, 0.6) is 0 Å². The molecule has 1 aromatic carbocycles. The van der Waals surface area contributed by atoms with Crippen molar-refractivity contribution in [3.8, 4) is 0 Å². The summed E-state index contributed by atoms with van der Waals surface area (Å²) in [6.07, 6.45) is 20.0. The summed E-state index contributed by atoms with van der Waals surface area (Å²) in [5.41, 5.74) is 0.968. The van der Waals surface area contributed by atoms with Crippen LogP contribution in [0.1, 0.15) is 130 Å². The van der Waals surface area contributed by atoms with Gasteiger partial charge in [-0.25, -0.2) is 9.59 Å². The van der Waals surface area contributed by atoms with Gasteiger partial charge in [-0.3, -0.25) is 0 Å². The van der Waals surface area contributed by atoms with Gasteiger partial charge in [0.1, 0.15) is 0 Å². The van der Waals surface area contributed by atoms with Gasteiger partial charge in [-0.15, -0.1) is 0 Å². The van der Waals surface area contributed by atoms with Crippen LogP contribution in [-0.4, -0.2) is 25.2 Å². The van der Waals surface area contributed by atoms with Gasteiger partial charge in [0.05, 0.1) is 24.3 Å². The fourth-order valence-corrected chi connectivity index (χ4v) is 4.46. The number of unbranched alkanes of at least 4 members (excludes halogenated alkanes) is 9. The second-order valence-electron chi connectivity index (χ2n) is 9.32. The third-order valence-corrected chi connectivity index (χ3v) is 6.57. The van der Waals surface area contributed by atoms with Crippen LogP contribution >= 0.6 is 0 Å². The summed E-state index contributed by atoms with van der Waals surface area (Å²) in [6.45, 7) is 3.18. The Morgan fingerprint density at radius 1 is 0.688 bits per heavy atom. The highest BCUT2D eigenvalue weighted by Gasteiger charge is 2.15. The number of hydrogen-bond donors (Lipinski definition) is 0. The van der Waals surface area contributed by atoms with Crippen molar-refractivity contribution >= 4 is 11.9 Å². The predicted octanol–water partition coefficient (Wildman–Crippen LogP) is 7.89. The zero-order chi connectivity index (χ0) is 22.9. The SMILES string of the molecule is CCCCCCCCCCCCOC(=O)c1ccc(C(=O)OCCC2CCCCC2)cc1. The largest absolute Gasteiger partial charge is 0.462 e. The lowest BCUT2D eigenvalue weighted by molar-refractivity contribution is 0.0467. The Morgan fingerprint density at radius 3 is 1.69 bits per heavy atom. The van der Waals surface area contributed by atoms with E-state index in [-0.39, 0.29) is 11.9 Å². The van der Waals surface area contributed by atoms with Crippen molar-refractivity contribution in [2.24, 2.45) is 5.92 Å². The molecule has 0 bridgehead atoms. The Hall–Kier alpha value is -1.84. The number of carbonyl (C=O) groups excluding carboxylic acids is 2. The van der Waals surface area contributed by atoms with Gasteiger partial charge >= 0.3 is 11.9 Å². The molecule has 4 nitrogen and oxygen atoms in total. The number of benzene rings is 1. The van der Waals surface area contributed by atoms with Crippen molar-refractivity contribution in [3.05, 3.63) is 35.4 Å². The van der Waals surface area contributed by atoms with Crippen LogP contribution in [0.2, 0.25) is 0 Å². The molecule has 0 heterocycles. The van der Waals surface area contributed by atoms with Gasteiger partial charge in [-0.2, -0.15) is 0 Å². The Kier molecular flexibility index (Phi) is 13.8. The number of ether oxygens (including phenoxy) is 2. The van der Waals surface area contributed by atoms with Crippen molar-refractivity contribution < 1.29 is 19.1 Å². The van der Waals surface area contributed by atoms with Crippen LogP contribution in [0.4, 0.5) is 0 Å². The number of carbonyl (C=O) groups is 2. The van der Waals surface area contributed by atoms with Crippen molar-refractivity contribution in [1.82, 2.24) is 0 Å². The summed E-state index contributed by atoms with van der Waals surface area (Å²) in [4.78, 5) is 24.4. The molecule has 0 amide bonds. The van der Waals surface area contributed by atoms with E-state index in [0.717, 1.165) is 19.3 Å². The van der Waals surface area contributed by atoms with E-state index < -0.39 is 0 Å². The molecule has 1 saturated carbocycles. The molecule has 0 unspecified atom stereocenters. The third kappa shape index (κ3) is 11.2. The first-order valence-corrected chi connectivity index (χ1v) is 13.1. The lowest BCUT2D eigenvalue weighted by Crippen LogP contribution is -2.13. The summed E-state index contributed by atoms with van der Waals surface area (Å²) >= 11 is 0. The topological polar surface area (TPSA) is 52.6 Å². The second-order valence-corrected chi connectivity index (χ2v) is 9.32. The fraction of sp³-hybridized carbons (Fsp3) is 0.714. The molecule has 0 saturated heterocycles. The molecule has 0 spiro atoms. The summed E-state index contributed by atoms with van der Waals surface area (Å²) in [5.74, 6) is 0.0634. The fourth-order valence-electron chi connectivity index (χ4n) is 4.46. The van der Waals surface area contributed by atoms with Crippen LogP contribution < -0.4 is 0 Å². The van der Waals surface area contributed by atoms with E-state index in [1.54, 1.807) is 24.3 Å². The number of rotatable bonds is 16. The maximum absolute atomic E-state index is 12.2. The lowest BCUT2D eigenvalue weighted by Gasteiger charge is -2.21. The minimum Gasteiger partial charge on any atom is -0.462 e. The molecule has 0 aromatic heterocycles. The number of hydrogen-bond acceptors (Lipinski definition) is 4. The van der Waals surface area contributed by atoms with Crippen molar-refractivity contribution in [1.29, 1.82) is 0 Å². The van der Waals surface area contributed by atoms with Gasteiger partial charge in [0, 0.05) is 0 Å². The Bertz CT molecular complexity index is 631. The highest BCUT2D eigenvalue weighted by atomic mass is 16.5. The van der Waals surface area contributed by atoms with Crippen LogP contribution in [0.25, 0.3) is 0 Å². The van der Waals surface area contributed by atoms with Gasteiger partial charge < -0.3 is 9.47 Å². The second kappa shape index (κ2) is 16.7. The molecule has 32 heavy (non-hydrogen) atoms. The molecule has 1 aliphatic rings. The van der Waals surface area contributed by atoms with Crippen LogP contribution in [0.15, 0.2) is 24.3 Å². The van der Waals surface area contributed by atoms with Crippen LogP contribution in [0.3, 0.4) is 0 Å². The highest BCUT2D eigenvalue weighted by molar-refractivity contribution is 5.93. The average Bonchev–Trinajstić information content (AvgIpc) is 2.83. The van der Waals surface area contributed by atoms with Crippen molar-refractivity contribution in [2.45, 2.75) is 110 Å². The smallest absolute Gasteiger partial charge is 0.338 e. The maximum atomic E-state index is 12.2. The van der Waals surface area contributed by atoms with E-state index in [4.69, 9.17) is 9.47 Å². The zero-order valence-corrected chi connectivity index (χ0v) is 20.2. The molecule has 2 rings (SSSR count). The number of esters is 2. The zero-order valence-electron chi connectivity index (χ0n) is 20.2. The normalized spacial score (nSPS) is 14.3. The molecule has 180 valence electrons. The van der Waals surface area contributed by atoms with E-state index in [1.165, 1.54) is 83.5 Å². The van der Waals surface area contributed by atoms with E-state index in [2.05, 4.69) is 6.92 Å². The molecule has 0 radical (unpaired) electrons. The highest BCUT2D eigenvalue weighted by Crippen LogP contribution is 2.26. The van der Waals surface area contributed by atoms with E-state index in [0.29, 0.717) is 30.3 Å². The van der Waals surface area contributed by atoms with E-state index in [1.807, 2.05) is 0 Å². The molecule has 4 heteroatoms. The van der Waals surface area contributed by atoms with Gasteiger partial charge in [0.25, 0.3) is 0 Å². The van der Waals surface area contributed by atoms with Gasteiger partial charge in [0.15, 0.2) is 0 Å². The summed E-state index contributed by atoms with van der Waals surface area (Å²) in [5, 5.41) is 0. The summed E-state index contributed by atoms with van der Waals surface area (Å²) in [7, 11) is 0. The quantitative estimate of drug-likeness (QED) is 0.192. The van der Waals surface area contributed by atoms with Crippen molar-refractivity contribution in [2.75, 3.05) is 13.2 Å². The Balaban J connectivity index is 1.53. The standard InChI is InChI=1S/C28H44O4/c1-2-3-4-5-6-7-8-9-10-14-22-31-27(29)25-17-19-26(20-18-25)28(30)32-23-21-24-15-12-11-13-16-24/h17-20,24H,2-16,21-23H2,1H3. The molecule has 0 atom stereocenters. The molecular formula is C28H44O4. The first-order chi connectivity index (χ1) is 15.7. The van der Waals surface area contributed by atoms with Crippen LogP contribution in [0, 0.1) is 5.92 Å². The Labute approximate surface area is 195 Å². The van der Waals surface area contributed by atoms with E-state index >= 15 is 0 Å². The summed E-state index contributed by atoms with van der Waals surface area (Å²) < 4.78 is 10.8. The molecule has 1 aromatic rings. The first-order valence-electron chi connectivity index (χ1n) is 13.1. The van der Waals surface area contributed by atoms with Gasteiger partial charge in [-0.05, 0) is 43.0 Å². The minimum absolute atomic E-state index is 0.314. The molecule has 1 aliphatic carbocycles. The first kappa shape index (κ1) is 26.4. The summed E-state index contributed by atoms with van der Waals surface area (Å²) in [6, 6.07) is 6.61. The third-order valence-electron chi connectivity index (χ3n) is 6.57. The van der Waals surface area contributed by atoms with Crippen LogP contribution in [-0.2, 0) is 9.47 Å². The molecule has 1 fully saturated rings. The monoisotopic (exact) mass is 444 g/mol. The van der Waals surface area contributed by atoms with Crippen molar-refractivity contribution in [3.63, 3.8) is 0 Å². The Morgan fingerprint density at radius 2 is 1.16 bits per heavy atom. The molecule has 0 N–H and O–H groups in total. The van der Waals surface area contributed by atoms with Gasteiger partial charge in [0.2, 0.25) is 0 Å². The maximum Gasteiger partial charge on any atom is 0.338 e. The average molecular weight is 445 g/mol. The predicted molar refractivity (Wildman–Crippen MR) is 130 cm³/mol. The lowest BCUT2D eigenvalue weighted by atomic mass is 9.87. The molecule has 0 aliphatic heterocycles. The van der Waals surface area contributed by atoms with Gasteiger partial charge in [-0.1, -0.05) is 96.8 Å². The van der Waals surface area contributed by atoms with E-state index in [9.17, 15) is 9.59 Å².